The molecule has 0 bridgehead atoms. The zero-order chi connectivity index (χ0) is 16.4. The van der Waals surface area contributed by atoms with Crippen molar-refractivity contribution in [2.45, 2.75) is 19.8 Å². The Labute approximate surface area is 139 Å². The van der Waals surface area contributed by atoms with Crippen LogP contribution in [0.2, 0.25) is 5.15 Å². The predicted octanol–water partition coefficient (Wildman–Crippen LogP) is 3.82. The maximum atomic E-state index is 13.2. The van der Waals surface area contributed by atoms with E-state index in [1.54, 1.807) is 18.2 Å². The second kappa shape index (κ2) is 6.46. The van der Waals surface area contributed by atoms with Crippen LogP contribution in [0.5, 0.6) is 0 Å². The van der Waals surface area contributed by atoms with Gasteiger partial charge in [0, 0.05) is 24.6 Å². The van der Waals surface area contributed by atoms with E-state index in [4.69, 9.17) is 11.6 Å². The van der Waals surface area contributed by atoms with E-state index in [0.29, 0.717) is 11.6 Å². The third kappa shape index (κ3) is 3.24. The minimum absolute atomic E-state index is 0.246. The molecule has 3 aromatic rings. The zero-order valence-electron chi connectivity index (χ0n) is 12.9. The molecule has 23 heavy (non-hydrogen) atoms. The summed E-state index contributed by atoms with van der Waals surface area (Å²) in [5.74, 6) is -0.246. The number of hydrogen-bond acceptors (Lipinski definition) is 3. The average Bonchev–Trinajstić information content (AvgIpc) is 2.83. The molecule has 0 fully saturated rings. The molecule has 0 saturated carbocycles. The maximum absolute atomic E-state index is 13.2. The van der Waals surface area contributed by atoms with Crippen LogP contribution in [0.1, 0.15) is 23.9 Å². The molecule has 0 radical (unpaired) electrons. The first kappa shape index (κ1) is 15.6. The molecule has 0 N–H and O–H groups in total. The molecule has 3 rings (SSSR count). The second-order valence-electron chi connectivity index (χ2n) is 5.27. The Morgan fingerprint density at radius 1 is 1.17 bits per heavy atom. The lowest BCUT2D eigenvalue weighted by atomic mass is 10.0. The first-order chi connectivity index (χ1) is 11.1. The van der Waals surface area contributed by atoms with Crippen LogP contribution in [-0.4, -0.2) is 19.7 Å². The van der Waals surface area contributed by atoms with Crippen molar-refractivity contribution in [2.75, 3.05) is 0 Å². The van der Waals surface area contributed by atoms with Crippen LogP contribution in [0.15, 0.2) is 36.7 Å². The molecule has 0 unspecified atom stereocenters. The summed E-state index contributed by atoms with van der Waals surface area (Å²) in [6, 6.07) is 8.22. The van der Waals surface area contributed by atoms with Gasteiger partial charge >= 0.3 is 0 Å². The van der Waals surface area contributed by atoms with E-state index in [9.17, 15) is 4.39 Å². The van der Waals surface area contributed by atoms with Gasteiger partial charge < -0.3 is 0 Å². The Kier molecular flexibility index (Phi) is 4.39. The fourth-order valence-electron chi connectivity index (χ4n) is 2.74. The van der Waals surface area contributed by atoms with Crippen molar-refractivity contribution in [3.8, 4) is 11.3 Å². The standard InChI is InChI=1S/C17H16ClFN4/c1-3-14-15(8-13-9-16(18)21-10-20-13)22-23(2)17(14)11-4-6-12(19)7-5-11/h4-7,9-10H,3,8H2,1-2H3. The van der Waals surface area contributed by atoms with Gasteiger partial charge in [-0.2, -0.15) is 5.10 Å². The summed E-state index contributed by atoms with van der Waals surface area (Å²) in [6.45, 7) is 2.08. The highest BCUT2D eigenvalue weighted by molar-refractivity contribution is 6.29. The Morgan fingerprint density at radius 2 is 1.91 bits per heavy atom. The Bertz CT molecular complexity index is 827. The van der Waals surface area contributed by atoms with Crippen molar-refractivity contribution in [2.24, 2.45) is 7.05 Å². The second-order valence-corrected chi connectivity index (χ2v) is 5.65. The lowest BCUT2D eigenvalue weighted by molar-refractivity contribution is 0.628. The molecule has 2 heterocycles. The molecule has 0 aliphatic heterocycles. The summed E-state index contributed by atoms with van der Waals surface area (Å²) < 4.78 is 15.0. The molecule has 0 amide bonds. The molecular formula is C17H16ClFN4. The molecule has 118 valence electrons. The number of rotatable bonds is 4. The molecule has 0 aliphatic rings. The first-order valence-electron chi connectivity index (χ1n) is 7.35. The van der Waals surface area contributed by atoms with Gasteiger partial charge in [-0.25, -0.2) is 14.4 Å². The van der Waals surface area contributed by atoms with Gasteiger partial charge in [0.2, 0.25) is 0 Å². The fraction of sp³-hybridized carbons (Fsp3) is 0.235. The number of nitrogens with zero attached hydrogens (tertiary/aromatic N) is 4. The van der Waals surface area contributed by atoms with Crippen molar-refractivity contribution >= 4 is 11.6 Å². The maximum Gasteiger partial charge on any atom is 0.132 e. The van der Waals surface area contributed by atoms with Gasteiger partial charge in [-0.05, 0) is 36.8 Å². The summed E-state index contributed by atoms with van der Waals surface area (Å²) in [6.07, 6.45) is 2.86. The predicted molar refractivity (Wildman–Crippen MR) is 87.8 cm³/mol. The molecule has 6 heteroatoms. The summed E-state index contributed by atoms with van der Waals surface area (Å²) in [5.41, 5.74) is 4.86. The third-order valence-corrected chi connectivity index (χ3v) is 3.95. The van der Waals surface area contributed by atoms with Crippen LogP contribution >= 0.6 is 11.6 Å². The fourth-order valence-corrected chi connectivity index (χ4v) is 2.91. The molecule has 2 aromatic heterocycles. The summed E-state index contributed by atoms with van der Waals surface area (Å²) in [7, 11) is 1.90. The van der Waals surface area contributed by atoms with Crippen molar-refractivity contribution < 1.29 is 4.39 Å². The van der Waals surface area contributed by atoms with Crippen LogP contribution in [0, 0.1) is 5.82 Å². The van der Waals surface area contributed by atoms with Gasteiger partial charge in [0.1, 0.15) is 17.3 Å². The van der Waals surface area contributed by atoms with E-state index in [1.165, 1.54) is 18.5 Å². The lowest BCUT2D eigenvalue weighted by Gasteiger charge is -2.06. The highest BCUT2D eigenvalue weighted by Gasteiger charge is 2.17. The van der Waals surface area contributed by atoms with Gasteiger partial charge in [0.25, 0.3) is 0 Å². The van der Waals surface area contributed by atoms with E-state index >= 15 is 0 Å². The SMILES string of the molecule is CCc1c(Cc2cc(Cl)ncn2)nn(C)c1-c1ccc(F)cc1. The van der Waals surface area contributed by atoms with Gasteiger partial charge in [-0.15, -0.1) is 0 Å². The minimum atomic E-state index is -0.246. The van der Waals surface area contributed by atoms with E-state index < -0.39 is 0 Å². The Morgan fingerprint density at radius 3 is 2.57 bits per heavy atom. The molecule has 0 saturated heterocycles. The van der Waals surface area contributed by atoms with Gasteiger partial charge in [0.05, 0.1) is 17.1 Å². The normalized spacial score (nSPS) is 11.0. The first-order valence-corrected chi connectivity index (χ1v) is 7.73. The monoisotopic (exact) mass is 330 g/mol. The number of halogens is 2. The minimum Gasteiger partial charge on any atom is -0.267 e. The summed E-state index contributed by atoms with van der Waals surface area (Å²) >= 11 is 5.92. The number of benzene rings is 1. The average molecular weight is 331 g/mol. The van der Waals surface area contributed by atoms with Crippen LogP contribution in [0.4, 0.5) is 4.39 Å². The topological polar surface area (TPSA) is 43.6 Å². The van der Waals surface area contributed by atoms with Crippen LogP contribution < -0.4 is 0 Å². The van der Waals surface area contributed by atoms with Crippen LogP contribution in [0.25, 0.3) is 11.3 Å². The van der Waals surface area contributed by atoms with E-state index in [-0.39, 0.29) is 5.82 Å². The molecule has 0 atom stereocenters. The van der Waals surface area contributed by atoms with Crippen LogP contribution in [-0.2, 0) is 19.9 Å². The Balaban J connectivity index is 2.02. The smallest absolute Gasteiger partial charge is 0.132 e. The Hall–Kier alpha value is -2.27. The van der Waals surface area contributed by atoms with Crippen molar-refractivity contribution in [1.29, 1.82) is 0 Å². The molecule has 0 aliphatic carbocycles. The van der Waals surface area contributed by atoms with Crippen molar-refractivity contribution in [3.63, 3.8) is 0 Å². The number of aryl methyl sites for hydroxylation is 1. The zero-order valence-corrected chi connectivity index (χ0v) is 13.7. The number of aromatic nitrogens is 4. The van der Waals surface area contributed by atoms with Crippen molar-refractivity contribution in [3.05, 3.63) is 64.6 Å². The van der Waals surface area contributed by atoms with Gasteiger partial charge in [-0.3, -0.25) is 4.68 Å². The van der Waals surface area contributed by atoms with E-state index in [0.717, 1.165) is 34.6 Å². The summed E-state index contributed by atoms with van der Waals surface area (Å²) in [5, 5.41) is 5.04. The van der Waals surface area contributed by atoms with E-state index in [1.807, 2.05) is 11.7 Å². The molecular weight excluding hydrogens is 315 g/mol. The lowest BCUT2D eigenvalue weighted by Crippen LogP contribution is -1.97. The quantitative estimate of drug-likeness (QED) is 0.683. The van der Waals surface area contributed by atoms with Gasteiger partial charge in [0.15, 0.2) is 0 Å². The highest BCUT2D eigenvalue weighted by atomic mass is 35.5. The highest BCUT2D eigenvalue weighted by Crippen LogP contribution is 2.28. The molecule has 1 aromatic carbocycles. The molecule has 0 spiro atoms. The van der Waals surface area contributed by atoms with Crippen molar-refractivity contribution in [1.82, 2.24) is 19.7 Å². The van der Waals surface area contributed by atoms with Gasteiger partial charge in [-0.1, -0.05) is 18.5 Å². The molecule has 4 nitrogen and oxygen atoms in total. The number of hydrogen-bond donors (Lipinski definition) is 0. The summed E-state index contributed by atoms with van der Waals surface area (Å²) in [4.78, 5) is 8.13. The van der Waals surface area contributed by atoms with Crippen LogP contribution in [0.3, 0.4) is 0 Å². The largest absolute Gasteiger partial charge is 0.267 e. The van der Waals surface area contributed by atoms with E-state index in [2.05, 4.69) is 22.0 Å². The third-order valence-electron chi connectivity index (χ3n) is 3.74.